The quantitative estimate of drug-likeness (QED) is 0.516. The zero-order chi connectivity index (χ0) is 16.2. The molecule has 1 aliphatic rings. The Hall–Kier alpha value is -0.770. The number of carbonyl (C=O) groups excluding carboxylic acids is 1. The molecule has 0 amide bonds. The maximum absolute atomic E-state index is 11.6. The molecule has 21 heavy (non-hydrogen) atoms. The van der Waals surface area contributed by atoms with Crippen LogP contribution in [0.1, 0.15) is 13.8 Å². The van der Waals surface area contributed by atoms with Gasteiger partial charge in [0.05, 0.1) is 19.3 Å². The fourth-order valence-corrected chi connectivity index (χ4v) is 2.32. The second kappa shape index (κ2) is 8.02. The van der Waals surface area contributed by atoms with Crippen molar-refractivity contribution in [2.75, 3.05) is 21.3 Å². The van der Waals surface area contributed by atoms with Crippen LogP contribution in [0.25, 0.3) is 0 Å². The van der Waals surface area contributed by atoms with Gasteiger partial charge in [-0.15, -0.1) is 0 Å². The van der Waals surface area contributed by atoms with Crippen LogP contribution in [0.4, 0.5) is 0 Å². The lowest BCUT2D eigenvalue weighted by Crippen LogP contribution is -2.59. The maximum atomic E-state index is 11.6. The van der Waals surface area contributed by atoms with Gasteiger partial charge in [-0.25, -0.2) is 0 Å². The van der Waals surface area contributed by atoms with E-state index in [1.54, 1.807) is 20.9 Å². The molecule has 7 atom stereocenters. The summed E-state index contributed by atoms with van der Waals surface area (Å²) in [5, 5.41) is 22.6. The van der Waals surface area contributed by atoms with Crippen LogP contribution < -0.4 is 5.32 Å². The van der Waals surface area contributed by atoms with Crippen molar-refractivity contribution in [2.45, 2.75) is 56.7 Å². The van der Waals surface area contributed by atoms with Gasteiger partial charge in [0.2, 0.25) is 0 Å². The third kappa shape index (κ3) is 4.12. The number of methoxy groups -OCH3 is 2. The molecule has 1 fully saturated rings. The van der Waals surface area contributed by atoms with E-state index in [0.717, 1.165) is 0 Å². The first-order chi connectivity index (χ1) is 9.87. The highest BCUT2D eigenvalue weighted by molar-refractivity contribution is 5.76. The SMILES string of the molecule is CNC(C(=O)OC)C(C)OC1OC(C)[C@@H](O)C(O)C1OC. The van der Waals surface area contributed by atoms with E-state index < -0.39 is 48.8 Å². The molecule has 0 aliphatic carbocycles. The lowest BCUT2D eigenvalue weighted by atomic mass is 9.99. The van der Waals surface area contributed by atoms with E-state index in [1.807, 2.05) is 0 Å². The number of carbonyl (C=O) groups is 1. The molecule has 3 N–H and O–H groups in total. The number of ether oxygens (including phenoxy) is 4. The Morgan fingerprint density at radius 2 is 1.90 bits per heavy atom. The van der Waals surface area contributed by atoms with Crippen LogP contribution >= 0.6 is 0 Å². The van der Waals surface area contributed by atoms with Crippen LogP contribution in [0.2, 0.25) is 0 Å². The summed E-state index contributed by atoms with van der Waals surface area (Å²) in [5.74, 6) is -0.469. The van der Waals surface area contributed by atoms with Crippen molar-refractivity contribution in [2.24, 2.45) is 0 Å². The molecule has 0 spiro atoms. The van der Waals surface area contributed by atoms with Gasteiger partial charge in [-0.2, -0.15) is 0 Å². The molecule has 124 valence electrons. The van der Waals surface area contributed by atoms with Gasteiger partial charge in [-0.3, -0.25) is 4.79 Å². The summed E-state index contributed by atoms with van der Waals surface area (Å²) in [4.78, 5) is 11.6. The summed E-state index contributed by atoms with van der Waals surface area (Å²) in [6.07, 6.45) is -5.16. The van der Waals surface area contributed by atoms with Gasteiger partial charge in [0, 0.05) is 7.11 Å². The third-order valence-electron chi connectivity index (χ3n) is 3.64. The minimum Gasteiger partial charge on any atom is -0.468 e. The number of hydrogen-bond acceptors (Lipinski definition) is 8. The van der Waals surface area contributed by atoms with Crippen molar-refractivity contribution in [3.63, 3.8) is 0 Å². The first-order valence-corrected chi connectivity index (χ1v) is 6.82. The van der Waals surface area contributed by atoms with Crippen LogP contribution in [0.15, 0.2) is 0 Å². The Balaban J connectivity index is 2.76. The van der Waals surface area contributed by atoms with E-state index in [2.05, 4.69) is 10.1 Å². The highest BCUT2D eigenvalue weighted by Gasteiger charge is 2.45. The molecule has 1 aliphatic heterocycles. The van der Waals surface area contributed by atoms with Gasteiger partial charge >= 0.3 is 5.97 Å². The molecule has 8 heteroatoms. The van der Waals surface area contributed by atoms with E-state index in [-0.39, 0.29) is 0 Å². The Morgan fingerprint density at radius 1 is 1.29 bits per heavy atom. The predicted octanol–water partition coefficient (Wildman–Crippen LogP) is -1.37. The van der Waals surface area contributed by atoms with E-state index in [0.29, 0.717) is 0 Å². The zero-order valence-corrected chi connectivity index (χ0v) is 13.0. The number of esters is 1. The molecule has 1 heterocycles. The van der Waals surface area contributed by atoms with Crippen LogP contribution in [0.5, 0.6) is 0 Å². The number of aliphatic hydroxyl groups excluding tert-OH is 2. The highest BCUT2D eigenvalue weighted by atomic mass is 16.7. The van der Waals surface area contributed by atoms with Crippen molar-refractivity contribution in [1.82, 2.24) is 5.32 Å². The lowest BCUT2D eigenvalue weighted by molar-refractivity contribution is -0.308. The van der Waals surface area contributed by atoms with Crippen molar-refractivity contribution in [3.8, 4) is 0 Å². The topological polar surface area (TPSA) is 106 Å². The van der Waals surface area contributed by atoms with E-state index in [4.69, 9.17) is 14.2 Å². The molecular formula is C13H25NO7. The molecule has 0 radical (unpaired) electrons. The Morgan fingerprint density at radius 3 is 2.38 bits per heavy atom. The molecule has 0 aromatic rings. The first-order valence-electron chi connectivity index (χ1n) is 6.82. The molecular weight excluding hydrogens is 282 g/mol. The Labute approximate surface area is 124 Å². The fraction of sp³-hybridized carbons (Fsp3) is 0.923. The van der Waals surface area contributed by atoms with E-state index >= 15 is 0 Å². The Bertz CT molecular complexity index is 340. The summed E-state index contributed by atoms with van der Waals surface area (Å²) in [7, 11) is 4.28. The summed E-state index contributed by atoms with van der Waals surface area (Å²) in [5.41, 5.74) is 0. The van der Waals surface area contributed by atoms with E-state index in [1.165, 1.54) is 14.2 Å². The molecule has 0 aromatic carbocycles. The predicted molar refractivity (Wildman–Crippen MR) is 72.6 cm³/mol. The minimum atomic E-state index is -1.14. The summed E-state index contributed by atoms with van der Waals surface area (Å²) in [6, 6.07) is -0.685. The highest BCUT2D eigenvalue weighted by Crippen LogP contribution is 2.25. The largest absolute Gasteiger partial charge is 0.468 e. The molecule has 1 rings (SSSR count). The molecule has 8 nitrogen and oxygen atoms in total. The summed E-state index contributed by atoms with van der Waals surface area (Å²) in [6.45, 7) is 3.30. The van der Waals surface area contributed by atoms with Crippen LogP contribution in [0.3, 0.4) is 0 Å². The number of nitrogens with one attached hydrogen (secondary N) is 1. The monoisotopic (exact) mass is 307 g/mol. The van der Waals surface area contributed by atoms with Crippen molar-refractivity contribution in [1.29, 1.82) is 0 Å². The number of likely N-dealkylation sites (N-methyl/N-ethyl adjacent to an activating group) is 1. The molecule has 0 saturated carbocycles. The standard InChI is InChI=1S/C13H25NO7/c1-6(8(14-3)12(17)19-5)20-13-11(18-4)10(16)9(15)7(2)21-13/h6-11,13-16H,1-5H3/t6?,7?,8?,9-,10?,11?,13?/m1/s1. The summed E-state index contributed by atoms with van der Waals surface area (Å²) < 4.78 is 21.0. The summed E-state index contributed by atoms with van der Waals surface area (Å²) >= 11 is 0. The first kappa shape index (κ1) is 18.3. The average Bonchev–Trinajstić information content (AvgIpc) is 2.45. The van der Waals surface area contributed by atoms with Gasteiger partial charge in [0.1, 0.15) is 24.4 Å². The average molecular weight is 307 g/mol. The van der Waals surface area contributed by atoms with Crippen LogP contribution in [0, 0.1) is 0 Å². The van der Waals surface area contributed by atoms with Gasteiger partial charge in [0.15, 0.2) is 6.29 Å². The minimum absolute atomic E-state index is 0.469. The third-order valence-corrected chi connectivity index (χ3v) is 3.64. The number of hydrogen-bond donors (Lipinski definition) is 3. The van der Waals surface area contributed by atoms with Crippen molar-refractivity contribution >= 4 is 5.97 Å². The van der Waals surface area contributed by atoms with Gasteiger partial charge < -0.3 is 34.5 Å². The van der Waals surface area contributed by atoms with Crippen molar-refractivity contribution in [3.05, 3.63) is 0 Å². The van der Waals surface area contributed by atoms with Crippen molar-refractivity contribution < 1.29 is 34.0 Å². The number of rotatable bonds is 6. The van der Waals surface area contributed by atoms with Crippen LogP contribution in [-0.4, -0.2) is 80.3 Å². The molecule has 6 unspecified atom stereocenters. The molecule has 0 bridgehead atoms. The second-order valence-corrected chi connectivity index (χ2v) is 5.02. The van der Waals surface area contributed by atoms with Gasteiger partial charge in [-0.1, -0.05) is 0 Å². The normalized spacial score (nSPS) is 36.0. The van der Waals surface area contributed by atoms with E-state index in [9.17, 15) is 15.0 Å². The van der Waals surface area contributed by atoms with Gasteiger partial charge in [-0.05, 0) is 20.9 Å². The lowest BCUT2D eigenvalue weighted by Gasteiger charge is -2.42. The van der Waals surface area contributed by atoms with Gasteiger partial charge in [0.25, 0.3) is 0 Å². The molecule has 0 aromatic heterocycles. The smallest absolute Gasteiger partial charge is 0.325 e. The molecule has 1 saturated heterocycles. The Kier molecular flexibility index (Phi) is 6.98. The maximum Gasteiger partial charge on any atom is 0.325 e. The van der Waals surface area contributed by atoms with Crippen LogP contribution in [-0.2, 0) is 23.7 Å². The number of aliphatic hydroxyl groups is 2. The zero-order valence-electron chi connectivity index (χ0n) is 13.0. The second-order valence-electron chi connectivity index (χ2n) is 5.02. The fourth-order valence-electron chi connectivity index (χ4n) is 2.32.